The normalized spacial score (nSPS) is 10.7. The molecule has 0 radical (unpaired) electrons. The molecule has 4 nitrogen and oxygen atoms in total. The molecule has 0 unspecified atom stereocenters. The number of ether oxygens (including phenoxy) is 1. The molecule has 18 heavy (non-hydrogen) atoms. The lowest BCUT2D eigenvalue weighted by atomic mass is 10.2. The van der Waals surface area contributed by atoms with Gasteiger partial charge in [0.15, 0.2) is 0 Å². The summed E-state index contributed by atoms with van der Waals surface area (Å²) in [7, 11) is 0. The predicted octanol–water partition coefficient (Wildman–Crippen LogP) is 1.76. The summed E-state index contributed by atoms with van der Waals surface area (Å²) < 4.78 is 28.1. The van der Waals surface area contributed by atoms with Gasteiger partial charge in [-0.1, -0.05) is 12.1 Å². The van der Waals surface area contributed by atoms with E-state index in [4.69, 9.17) is 5.73 Å². The van der Waals surface area contributed by atoms with Gasteiger partial charge in [-0.05, 0) is 17.7 Å². The molecule has 0 aliphatic heterocycles. The van der Waals surface area contributed by atoms with Crippen molar-refractivity contribution in [3.05, 3.63) is 29.8 Å². The number of carbonyl (C=O) groups is 1. The monoisotopic (exact) mass is 258 g/mol. The Labute approximate surface area is 104 Å². The summed E-state index contributed by atoms with van der Waals surface area (Å²) in [4.78, 5) is 11.4. The standard InChI is InChI=1S/C12H16F2N2O2/c13-11(14)8-18-6-5-12(17)16-10-3-1-9(7-15)2-4-10/h1-4,11H,5-8,15H2,(H,16,17). The molecule has 0 heterocycles. The van der Waals surface area contributed by atoms with Crippen LogP contribution >= 0.6 is 0 Å². The Morgan fingerprint density at radius 2 is 2.00 bits per heavy atom. The quantitative estimate of drug-likeness (QED) is 0.732. The van der Waals surface area contributed by atoms with Crippen LogP contribution in [0.5, 0.6) is 0 Å². The van der Waals surface area contributed by atoms with E-state index in [9.17, 15) is 13.6 Å². The van der Waals surface area contributed by atoms with Crippen molar-refractivity contribution in [2.24, 2.45) is 5.73 Å². The van der Waals surface area contributed by atoms with Gasteiger partial charge in [0.25, 0.3) is 6.43 Å². The zero-order valence-corrected chi connectivity index (χ0v) is 9.86. The molecule has 3 N–H and O–H groups in total. The summed E-state index contributed by atoms with van der Waals surface area (Å²) in [6.45, 7) is -0.217. The van der Waals surface area contributed by atoms with E-state index in [1.165, 1.54) is 0 Å². The molecule has 0 fully saturated rings. The first-order valence-corrected chi connectivity index (χ1v) is 5.56. The number of anilines is 1. The Bertz CT molecular complexity index is 369. The minimum atomic E-state index is -2.50. The summed E-state index contributed by atoms with van der Waals surface area (Å²) in [5.41, 5.74) is 7.05. The van der Waals surface area contributed by atoms with E-state index in [1.54, 1.807) is 12.1 Å². The molecular weight excluding hydrogens is 242 g/mol. The Morgan fingerprint density at radius 3 is 2.56 bits per heavy atom. The molecule has 1 aromatic carbocycles. The second-order valence-corrected chi connectivity index (χ2v) is 3.67. The van der Waals surface area contributed by atoms with Crippen LogP contribution in [0, 0.1) is 0 Å². The van der Waals surface area contributed by atoms with Gasteiger partial charge in [0, 0.05) is 12.2 Å². The first-order chi connectivity index (χ1) is 8.61. The van der Waals surface area contributed by atoms with Crippen LogP contribution in [0.15, 0.2) is 24.3 Å². The van der Waals surface area contributed by atoms with Crippen LogP contribution in [0.4, 0.5) is 14.5 Å². The number of halogens is 2. The first-order valence-electron chi connectivity index (χ1n) is 5.56. The molecule has 100 valence electrons. The van der Waals surface area contributed by atoms with Gasteiger partial charge in [-0.2, -0.15) is 0 Å². The molecule has 0 aromatic heterocycles. The molecule has 1 aromatic rings. The summed E-state index contributed by atoms with van der Waals surface area (Å²) in [6, 6.07) is 7.09. The average Bonchev–Trinajstić information content (AvgIpc) is 2.35. The van der Waals surface area contributed by atoms with Crippen molar-refractivity contribution >= 4 is 11.6 Å². The fourth-order valence-electron chi connectivity index (χ4n) is 1.28. The molecule has 1 rings (SSSR count). The van der Waals surface area contributed by atoms with Crippen LogP contribution in [-0.4, -0.2) is 25.5 Å². The second-order valence-electron chi connectivity index (χ2n) is 3.67. The Morgan fingerprint density at radius 1 is 1.33 bits per heavy atom. The van der Waals surface area contributed by atoms with Gasteiger partial charge in [0.1, 0.15) is 6.61 Å². The zero-order chi connectivity index (χ0) is 13.4. The molecule has 0 saturated carbocycles. The van der Waals surface area contributed by atoms with Crippen LogP contribution in [0.3, 0.4) is 0 Å². The summed E-state index contributed by atoms with van der Waals surface area (Å²) in [5, 5.41) is 2.63. The fraction of sp³-hybridized carbons (Fsp3) is 0.417. The molecule has 1 amide bonds. The van der Waals surface area contributed by atoms with E-state index in [0.29, 0.717) is 12.2 Å². The van der Waals surface area contributed by atoms with Gasteiger partial charge < -0.3 is 15.8 Å². The Kier molecular flexibility index (Phi) is 6.24. The number of alkyl halides is 2. The SMILES string of the molecule is NCc1ccc(NC(=O)CCOCC(F)F)cc1. The van der Waals surface area contributed by atoms with E-state index in [2.05, 4.69) is 10.1 Å². The lowest BCUT2D eigenvalue weighted by Gasteiger charge is -2.06. The van der Waals surface area contributed by atoms with Crippen LogP contribution in [0.1, 0.15) is 12.0 Å². The van der Waals surface area contributed by atoms with Crippen molar-refractivity contribution in [1.82, 2.24) is 0 Å². The molecular formula is C12H16F2N2O2. The highest BCUT2D eigenvalue weighted by Gasteiger charge is 2.05. The van der Waals surface area contributed by atoms with E-state index >= 15 is 0 Å². The van der Waals surface area contributed by atoms with Crippen molar-refractivity contribution in [3.63, 3.8) is 0 Å². The number of nitrogens with two attached hydrogens (primary N) is 1. The maximum Gasteiger partial charge on any atom is 0.261 e. The summed E-state index contributed by atoms with van der Waals surface area (Å²) >= 11 is 0. The van der Waals surface area contributed by atoms with E-state index < -0.39 is 13.0 Å². The lowest BCUT2D eigenvalue weighted by Crippen LogP contribution is -2.15. The molecule has 0 spiro atoms. The van der Waals surface area contributed by atoms with Crippen LogP contribution in [-0.2, 0) is 16.1 Å². The van der Waals surface area contributed by atoms with Crippen LogP contribution < -0.4 is 11.1 Å². The highest BCUT2D eigenvalue weighted by atomic mass is 19.3. The highest BCUT2D eigenvalue weighted by Crippen LogP contribution is 2.09. The highest BCUT2D eigenvalue weighted by molar-refractivity contribution is 5.90. The van der Waals surface area contributed by atoms with Gasteiger partial charge in [-0.3, -0.25) is 4.79 Å². The maximum absolute atomic E-state index is 11.7. The van der Waals surface area contributed by atoms with Gasteiger partial charge in [0.2, 0.25) is 5.91 Å². The third-order valence-electron chi connectivity index (χ3n) is 2.19. The maximum atomic E-state index is 11.7. The third kappa shape index (κ3) is 5.70. The molecule has 0 atom stereocenters. The Hall–Kier alpha value is -1.53. The number of hydrogen-bond donors (Lipinski definition) is 2. The van der Waals surface area contributed by atoms with Gasteiger partial charge in [0.05, 0.1) is 13.0 Å². The minimum Gasteiger partial charge on any atom is -0.375 e. The van der Waals surface area contributed by atoms with Gasteiger partial charge >= 0.3 is 0 Å². The number of hydrogen-bond acceptors (Lipinski definition) is 3. The van der Waals surface area contributed by atoms with E-state index in [-0.39, 0.29) is 18.9 Å². The molecule has 6 heteroatoms. The van der Waals surface area contributed by atoms with E-state index in [1.807, 2.05) is 12.1 Å². The number of amides is 1. The first kappa shape index (κ1) is 14.5. The summed E-state index contributed by atoms with van der Waals surface area (Å²) in [5.74, 6) is -0.273. The molecule has 0 aliphatic carbocycles. The minimum absolute atomic E-state index is 0.0168. The van der Waals surface area contributed by atoms with Crippen molar-refractivity contribution in [3.8, 4) is 0 Å². The van der Waals surface area contributed by atoms with Gasteiger partial charge in [-0.25, -0.2) is 8.78 Å². The van der Waals surface area contributed by atoms with Gasteiger partial charge in [-0.15, -0.1) is 0 Å². The number of benzene rings is 1. The largest absolute Gasteiger partial charge is 0.375 e. The smallest absolute Gasteiger partial charge is 0.261 e. The zero-order valence-electron chi connectivity index (χ0n) is 9.86. The lowest BCUT2D eigenvalue weighted by molar-refractivity contribution is -0.117. The predicted molar refractivity (Wildman–Crippen MR) is 64.4 cm³/mol. The topological polar surface area (TPSA) is 64.3 Å². The van der Waals surface area contributed by atoms with E-state index in [0.717, 1.165) is 5.56 Å². The van der Waals surface area contributed by atoms with Crippen molar-refractivity contribution in [1.29, 1.82) is 0 Å². The average molecular weight is 258 g/mol. The molecule has 0 saturated heterocycles. The number of nitrogens with one attached hydrogen (secondary N) is 1. The molecule has 0 aliphatic rings. The molecule has 0 bridgehead atoms. The number of carbonyl (C=O) groups excluding carboxylic acids is 1. The van der Waals surface area contributed by atoms with Crippen LogP contribution in [0.25, 0.3) is 0 Å². The van der Waals surface area contributed by atoms with Crippen molar-refractivity contribution in [2.45, 2.75) is 19.4 Å². The Balaban J connectivity index is 2.26. The van der Waals surface area contributed by atoms with Crippen LogP contribution in [0.2, 0.25) is 0 Å². The second kappa shape index (κ2) is 7.73. The number of rotatable bonds is 7. The fourth-order valence-corrected chi connectivity index (χ4v) is 1.28. The third-order valence-corrected chi connectivity index (χ3v) is 2.19. The van der Waals surface area contributed by atoms with Crippen molar-refractivity contribution < 1.29 is 18.3 Å². The summed E-state index contributed by atoms with van der Waals surface area (Å²) in [6.07, 6.45) is -2.46. The van der Waals surface area contributed by atoms with Crippen molar-refractivity contribution in [2.75, 3.05) is 18.5 Å².